The molecule has 5 nitrogen and oxygen atoms in total. The summed E-state index contributed by atoms with van der Waals surface area (Å²) >= 11 is 0. The Balaban J connectivity index is 2.45. The molecule has 1 N–H and O–H groups in total. The first-order chi connectivity index (χ1) is 8.26. The fourth-order valence-electron chi connectivity index (χ4n) is 1.15. The van der Waals surface area contributed by atoms with E-state index in [1.54, 1.807) is 37.4 Å². The Hall–Kier alpha value is -2.06. The Morgan fingerprint density at radius 3 is 2.65 bits per heavy atom. The standard InChI is InChI=1S/C12H14N2O3/c1-16-8-9-17-11-4-2-10(3-5-11)14-12(15)6-7-13/h2-5H,6,8-9H2,1H3,(H,14,15). The number of anilines is 1. The van der Waals surface area contributed by atoms with Gasteiger partial charge >= 0.3 is 0 Å². The number of methoxy groups -OCH3 is 1. The Bertz CT molecular complexity index is 395. The normalized spacial score (nSPS) is 9.41. The van der Waals surface area contributed by atoms with Gasteiger partial charge in [0.25, 0.3) is 0 Å². The van der Waals surface area contributed by atoms with Crippen molar-refractivity contribution in [2.24, 2.45) is 0 Å². The van der Waals surface area contributed by atoms with Gasteiger partial charge in [-0.2, -0.15) is 5.26 Å². The van der Waals surface area contributed by atoms with Crippen molar-refractivity contribution in [3.63, 3.8) is 0 Å². The summed E-state index contributed by atoms with van der Waals surface area (Å²) in [6, 6.07) is 8.72. The summed E-state index contributed by atoms with van der Waals surface area (Å²) in [6.45, 7) is 1.01. The highest BCUT2D eigenvalue weighted by molar-refractivity contribution is 5.92. The third-order valence-electron chi connectivity index (χ3n) is 1.93. The molecule has 0 aliphatic heterocycles. The van der Waals surface area contributed by atoms with Crippen molar-refractivity contribution in [2.45, 2.75) is 6.42 Å². The summed E-state index contributed by atoms with van der Waals surface area (Å²) in [5.74, 6) is 0.390. The molecule has 0 aliphatic rings. The molecule has 17 heavy (non-hydrogen) atoms. The minimum absolute atomic E-state index is 0.147. The number of ether oxygens (including phenoxy) is 2. The van der Waals surface area contributed by atoms with Gasteiger partial charge in [0.2, 0.25) is 5.91 Å². The van der Waals surface area contributed by atoms with E-state index < -0.39 is 0 Å². The van der Waals surface area contributed by atoms with Crippen LogP contribution in [0.1, 0.15) is 6.42 Å². The van der Waals surface area contributed by atoms with Crippen molar-refractivity contribution < 1.29 is 14.3 Å². The van der Waals surface area contributed by atoms with Gasteiger partial charge in [-0.3, -0.25) is 4.79 Å². The van der Waals surface area contributed by atoms with E-state index >= 15 is 0 Å². The summed E-state index contributed by atoms with van der Waals surface area (Å²) in [7, 11) is 1.61. The van der Waals surface area contributed by atoms with Crippen molar-refractivity contribution >= 4 is 11.6 Å². The molecule has 1 amide bonds. The lowest BCUT2D eigenvalue weighted by atomic mass is 10.3. The zero-order valence-electron chi connectivity index (χ0n) is 9.60. The van der Waals surface area contributed by atoms with Crippen molar-refractivity contribution in [3.8, 4) is 11.8 Å². The quantitative estimate of drug-likeness (QED) is 0.758. The summed E-state index contributed by atoms with van der Waals surface area (Å²) in [5.41, 5.74) is 0.643. The van der Waals surface area contributed by atoms with Crippen molar-refractivity contribution in [3.05, 3.63) is 24.3 Å². The van der Waals surface area contributed by atoms with E-state index in [1.165, 1.54) is 0 Å². The molecule has 0 saturated carbocycles. The summed E-state index contributed by atoms with van der Waals surface area (Å²) in [5, 5.41) is 10.9. The van der Waals surface area contributed by atoms with Crippen LogP contribution in [-0.2, 0) is 9.53 Å². The van der Waals surface area contributed by atoms with Crippen LogP contribution in [0, 0.1) is 11.3 Å². The molecule has 0 aromatic heterocycles. The molecule has 0 radical (unpaired) electrons. The second kappa shape index (κ2) is 7.25. The molecule has 0 heterocycles. The fraction of sp³-hybridized carbons (Fsp3) is 0.333. The molecule has 0 bridgehead atoms. The maximum absolute atomic E-state index is 11.1. The molecule has 1 rings (SSSR count). The third-order valence-corrected chi connectivity index (χ3v) is 1.93. The number of amides is 1. The molecule has 0 fully saturated rings. The molecule has 0 saturated heterocycles. The number of nitriles is 1. The Kier molecular flexibility index (Phi) is 5.55. The minimum atomic E-state index is -0.319. The van der Waals surface area contributed by atoms with Crippen LogP contribution in [0.15, 0.2) is 24.3 Å². The van der Waals surface area contributed by atoms with Gasteiger partial charge in [-0.25, -0.2) is 0 Å². The lowest BCUT2D eigenvalue weighted by Crippen LogP contribution is -2.10. The first kappa shape index (κ1) is 13.0. The highest BCUT2D eigenvalue weighted by Gasteiger charge is 2.01. The smallest absolute Gasteiger partial charge is 0.238 e. The van der Waals surface area contributed by atoms with Gasteiger partial charge in [0.05, 0.1) is 12.7 Å². The lowest BCUT2D eigenvalue weighted by molar-refractivity contribution is -0.115. The molecule has 0 aliphatic carbocycles. The number of carbonyl (C=O) groups is 1. The van der Waals surface area contributed by atoms with Gasteiger partial charge in [0.15, 0.2) is 0 Å². The zero-order valence-corrected chi connectivity index (χ0v) is 9.60. The Morgan fingerprint density at radius 1 is 1.35 bits per heavy atom. The predicted molar refractivity (Wildman–Crippen MR) is 62.7 cm³/mol. The van der Waals surface area contributed by atoms with Crippen LogP contribution in [-0.4, -0.2) is 26.2 Å². The van der Waals surface area contributed by atoms with Crippen molar-refractivity contribution in [2.75, 3.05) is 25.6 Å². The molecular weight excluding hydrogens is 220 g/mol. The van der Waals surface area contributed by atoms with Gasteiger partial charge in [-0.15, -0.1) is 0 Å². The Labute approximate surface area is 100.0 Å². The SMILES string of the molecule is COCCOc1ccc(NC(=O)CC#N)cc1. The van der Waals surface area contributed by atoms with Gasteiger partial charge < -0.3 is 14.8 Å². The van der Waals surface area contributed by atoms with Crippen LogP contribution in [0.25, 0.3) is 0 Å². The predicted octanol–water partition coefficient (Wildman–Crippen LogP) is 1.56. The topological polar surface area (TPSA) is 71.3 Å². The number of benzene rings is 1. The summed E-state index contributed by atoms with van der Waals surface area (Å²) in [6.07, 6.45) is -0.147. The molecule has 0 atom stereocenters. The third kappa shape index (κ3) is 5.00. The van der Waals surface area contributed by atoms with Crippen LogP contribution in [0.3, 0.4) is 0 Å². The molecular formula is C12H14N2O3. The minimum Gasteiger partial charge on any atom is -0.491 e. The monoisotopic (exact) mass is 234 g/mol. The highest BCUT2D eigenvalue weighted by Crippen LogP contribution is 2.15. The van der Waals surface area contributed by atoms with Crippen LogP contribution >= 0.6 is 0 Å². The van der Waals surface area contributed by atoms with E-state index in [1.807, 2.05) is 0 Å². The van der Waals surface area contributed by atoms with Crippen molar-refractivity contribution in [1.82, 2.24) is 0 Å². The first-order valence-corrected chi connectivity index (χ1v) is 5.15. The number of nitrogens with one attached hydrogen (secondary N) is 1. The van der Waals surface area contributed by atoms with E-state index in [-0.39, 0.29) is 12.3 Å². The number of rotatable bonds is 6. The second-order valence-electron chi connectivity index (χ2n) is 3.25. The largest absolute Gasteiger partial charge is 0.491 e. The number of hydrogen-bond acceptors (Lipinski definition) is 4. The molecule has 1 aromatic carbocycles. The van der Waals surface area contributed by atoms with E-state index in [9.17, 15) is 4.79 Å². The van der Waals surface area contributed by atoms with Gasteiger partial charge in [0, 0.05) is 12.8 Å². The molecule has 1 aromatic rings. The highest BCUT2D eigenvalue weighted by atomic mass is 16.5. The van der Waals surface area contributed by atoms with E-state index in [2.05, 4.69) is 5.32 Å². The fourth-order valence-corrected chi connectivity index (χ4v) is 1.15. The number of hydrogen-bond donors (Lipinski definition) is 1. The molecule has 0 spiro atoms. The maximum atomic E-state index is 11.1. The van der Waals surface area contributed by atoms with Crippen LogP contribution in [0.4, 0.5) is 5.69 Å². The summed E-state index contributed by atoms with van der Waals surface area (Å²) < 4.78 is 10.2. The maximum Gasteiger partial charge on any atom is 0.238 e. The van der Waals surface area contributed by atoms with Crippen LogP contribution < -0.4 is 10.1 Å². The molecule has 5 heteroatoms. The number of carbonyl (C=O) groups excluding carboxylic acids is 1. The van der Waals surface area contributed by atoms with Crippen molar-refractivity contribution in [1.29, 1.82) is 5.26 Å². The zero-order chi connectivity index (χ0) is 12.5. The van der Waals surface area contributed by atoms with Crippen LogP contribution in [0.2, 0.25) is 0 Å². The van der Waals surface area contributed by atoms with Crippen LogP contribution in [0.5, 0.6) is 5.75 Å². The van der Waals surface area contributed by atoms with E-state index in [4.69, 9.17) is 14.7 Å². The van der Waals surface area contributed by atoms with Gasteiger partial charge in [-0.1, -0.05) is 0 Å². The summed E-state index contributed by atoms with van der Waals surface area (Å²) in [4.78, 5) is 11.1. The van der Waals surface area contributed by atoms with Gasteiger partial charge in [-0.05, 0) is 24.3 Å². The average Bonchev–Trinajstić information content (AvgIpc) is 2.32. The molecule has 90 valence electrons. The Morgan fingerprint density at radius 2 is 2.06 bits per heavy atom. The number of nitrogens with zero attached hydrogens (tertiary/aromatic N) is 1. The average molecular weight is 234 g/mol. The van der Waals surface area contributed by atoms with E-state index in [0.29, 0.717) is 24.7 Å². The molecule has 0 unspecified atom stereocenters. The lowest BCUT2D eigenvalue weighted by Gasteiger charge is -2.07. The van der Waals surface area contributed by atoms with Gasteiger partial charge in [0.1, 0.15) is 18.8 Å². The first-order valence-electron chi connectivity index (χ1n) is 5.15. The second-order valence-corrected chi connectivity index (χ2v) is 3.25. The van der Waals surface area contributed by atoms with E-state index in [0.717, 1.165) is 0 Å².